The minimum atomic E-state index is 0.447. The molecule has 0 N–H and O–H groups in total. The number of hydrogen-bond donors (Lipinski definition) is 0. The molecule has 1 aromatic heterocycles. The van der Waals surface area contributed by atoms with E-state index in [-0.39, 0.29) is 0 Å². The molecule has 0 unspecified atom stereocenters. The molecule has 4 nitrogen and oxygen atoms in total. The highest BCUT2D eigenvalue weighted by atomic mass is 16.1. The Labute approximate surface area is 77.2 Å². The standard InChI is InChI=1S/C9H13N3O/c1-2-11-4-9(5-11)12-7-10-3-8(12)6-13/h3,6-7,9H,2,4-5H2,1H3. The van der Waals surface area contributed by atoms with Crippen molar-refractivity contribution in [3.05, 3.63) is 18.2 Å². The van der Waals surface area contributed by atoms with Gasteiger partial charge in [-0.25, -0.2) is 4.98 Å². The van der Waals surface area contributed by atoms with Crippen LogP contribution in [-0.2, 0) is 0 Å². The Morgan fingerprint density at radius 3 is 3.08 bits per heavy atom. The van der Waals surface area contributed by atoms with E-state index >= 15 is 0 Å². The van der Waals surface area contributed by atoms with Crippen LogP contribution in [0.1, 0.15) is 23.5 Å². The van der Waals surface area contributed by atoms with Gasteiger partial charge in [0.1, 0.15) is 5.69 Å². The first kappa shape index (κ1) is 8.44. The van der Waals surface area contributed by atoms with Gasteiger partial charge in [0, 0.05) is 13.1 Å². The van der Waals surface area contributed by atoms with Gasteiger partial charge in [-0.2, -0.15) is 0 Å². The Kier molecular flexibility index (Phi) is 2.14. The molecule has 4 heteroatoms. The predicted molar refractivity (Wildman–Crippen MR) is 48.8 cm³/mol. The second kappa shape index (κ2) is 3.30. The fourth-order valence-corrected chi connectivity index (χ4v) is 1.69. The molecule has 1 aliphatic heterocycles. The first-order valence-corrected chi connectivity index (χ1v) is 4.54. The zero-order chi connectivity index (χ0) is 9.26. The summed E-state index contributed by atoms with van der Waals surface area (Å²) < 4.78 is 1.96. The molecular formula is C9H13N3O. The molecule has 0 atom stereocenters. The summed E-state index contributed by atoms with van der Waals surface area (Å²) in [6.07, 6.45) is 4.21. The summed E-state index contributed by atoms with van der Waals surface area (Å²) in [4.78, 5) is 16.9. The number of likely N-dealkylation sites (N-methyl/N-ethyl adjacent to an activating group) is 1. The smallest absolute Gasteiger partial charge is 0.168 e. The average molecular weight is 179 g/mol. The summed E-state index contributed by atoms with van der Waals surface area (Å²) in [7, 11) is 0. The third-order valence-corrected chi connectivity index (χ3v) is 2.60. The lowest BCUT2D eigenvalue weighted by molar-refractivity contribution is 0.103. The Morgan fingerprint density at radius 1 is 1.69 bits per heavy atom. The zero-order valence-electron chi connectivity index (χ0n) is 7.68. The van der Waals surface area contributed by atoms with Gasteiger partial charge in [-0.15, -0.1) is 0 Å². The van der Waals surface area contributed by atoms with Gasteiger partial charge in [0.05, 0.1) is 18.6 Å². The molecule has 0 amide bonds. The summed E-state index contributed by atoms with van der Waals surface area (Å²) in [6.45, 7) is 5.30. The predicted octanol–water partition coefficient (Wildman–Crippen LogP) is 0.572. The molecule has 1 aromatic rings. The van der Waals surface area contributed by atoms with Crippen LogP contribution in [0.25, 0.3) is 0 Å². The van der Waals surface area contributed by atoms with Crippen LogP contribution in [0.3, 0.4) is 0 Å². The van der Waals surface area contributed by atoms with E-state index in [4.69, 9.17) is 0 Å². The first-order valence-electron chi connectivity index (χ1n) is 4.54. The Bertz CT molecular complexity index is 302. The highest BCUT2D eigenvalue weighted by Gasteiger charge is 2.27. The average Bonchev–Trinajstić information content (AvgIpc) is 2.50. The maximum absolute atomic E-state index is 10.6. The van der Waals surface area contributed by atoms with Gasteiger partial charge in [-0.3, -0.25) is 9.69 Å². The van der Waals surface area contributed by atoms with Crippen LogP contribution < -0.4 is 0 Å². The molecule has 0 radical (unpaired) electrons. The second-order valence-corrected chi connectivity index (χ2v) is 3.35. The fourth-order valence-electron chi connectivity index (χ4n) is 1.69. The molecule has 0 aliphatic carbocycles. The van der Waals surface area contributed by atoms with Crippen molar-refractivity contribution in [2.24, 2.45) is 0 Å². The normalized spacial score (nSPS) is 18.5. The summed E-state index contributed by atoms with van der Waals surface area (Å²) in [6, 6.07) is 0.447. The summed E-state index contributed by atoms with van der Waals surface area (Å²) >= 11 is 0. The van der Waals surface area contributed by atoms with E-state index in [1.807, 2.05) is 4.57 Å². The van der Waals surface area contributed by atoms with Gasteiger partial charge < -0.3 is 4.57 Å². The van der Waals surface area contributed by atoms with Crippen molar-refractivity contribution in [1.29, 1.82) is 0 Å². The van der Waals surface area contributed by atoms with E-state index < -0.39 is 0 Å². The summed E-state index contributed by atoms with van der Waals surface area (Å²) in [5, 5.41) is 0. The molecule has 0 bridgehead atoms. The number of imidazole rings is 1. The molecule has 2 heterocycles. The molecular weight excluding hydrogens is 166 g/mol. The Morgan fingerprint density at radius 2 is 2.46 bits per heavy atom. The van der Waals surface area contributed by atoms with Crippen molar-refractivity contribution >= 4 is 6.29 Å². The molecule has 2 rings (SSSR count). The lowest BCUT2D eigenvalue weighted by Crippen LogP contribution is -2.47. The zero-order valence-corrected chi connectivity index (χ0v) is 7.68. The summed E-state index contributed by atoms with van der Waals surface area (Å²) in [5.74, 6) is 0. The van der Waals surface area contributed by atoms with Crippen LogP contribution >= 0.6 is 0 Å². The van der Waals surface area contributed by atoms with Crippen molar-refractivity contribution < 1.29 is 4.79 Å². The van der Waals surface area contributed by atoms with Gasteiger partial charge in [0.2, 0.25) is 0 Å². The summed E-state index contributed by atoms with van der Waals surface area (Å²) in [5.41, 5.74) is 0.681. The van der Waals surface area contributed by atoms with Crippen molar-refractivity contribution in [2.75, 3.05) is 19.6 Å². The van der Waals surface area contributed by atoms with E-state index in [1.165, 1.54) is 0 Å². The Hall–Kier alpha value is -1.16. The fraction of sp³-hybridized carbons (Fsp3) is 0.556. The van der Waals surface area contributed by atoms with E-state index in [2.05, 4.69) is 16.8 Å². The highest BCUT2D eigenvalue weighted by molar-refractivity contribution is 5.71. The Balaban J connectivity index is 2.06. The maximum atomic E-state index is 10.6. The molecule has 1 saturated heterocycles. The van der Waals surface area contributed by atoms with E-state index in [0.29, 0.717) is 11.7 Å². The topological polar surface area (TPSA) is 38.1 Å². The van der Waals surface area contributed by atoms with Crippen molar-refractivity contribution in [1.82, 2.24) is 14.5 Å². The maximum Gasteiger partial charge on any atom is 0.168 e. The number of carbonyl (C=O) groups is 1. The third kappa shape index (κ3) is 1.37. The second-order valence-electron chi connectivity index (χ2n) is 3.35. The highest BCUT2D eigenvalue weighted by Crippen LogP contribution is 2.21. The lowest BCUT2D eigenvalue weighted by Gasteiger charge is -2.39. The van der Waals surface area contributed by atoms with Gasteiger partial charge in [-0.05, 0) is 6.54 Å². The SMILES string of the molecule is CCN1CC(n2cncc2C=O)C1. The van der Waals surface area contributed by atoms with Crippen LogP contribution in [0.5, 0.6) is 0 Å². The number of rotatable bonds is 3. The monoisotopic (exact) mass is 179 g/mol. The van der Waals surface area contributed by atoms with Crippen LogP contribution in [0, 0.1) is 0 Å². The number of hydrogen-bond acceptors (Lipinski definition) is 3. The molecule has 0 spiro atoms. The van der Waals surface area contributed by atoms with Crippen LogP contribution in [-0.4, -0.2) is 40.4 Å². The van der Waals surface area contributed by atoms with Crippen molar-refractivity contribution in [2.45, 2.75) is 13.0 Å². The van der Waals surface area contributed by atoms with Crippen LogP contribution in [0.15, 0.2) is 12.5 Å². The number of aromatic nitrogens is 2. The van der Waals surface area contributed by atoms with Gasteiger partial charge in [0.15, 0.2) is 6.29 Å². The third-order valence-electron chi connectivity index (χ3n) is 2.60. The number of likely N-dealkylation sites (tertiary alicyclic amines) is 1. The first-order chi connectivity index (χ1) is 6.35. The molecule has 0 saturated carbocycles. The van der Waals surface area contributed by atoms with Crippen LogP contribution in [0.2, 0.25) is 0 Å². The minimum absolute atomic E-state index is 0.447. The molecule has 0 aromatic carbocycles. The van der Waals surface area contributed by atoms with Gasteiger partial charge >= 0.3 is 0 Å². The van der Waals surface area contributed by atoms with E-state index in [9.17, 15) is 4.79 Å². The van der Waals surface area contributed by atoms with E-state index in [1.54, 1.807) is 12.5 Å². The molecule has 1 aliphatic rings. The van der Waals surface area contributed by atoms with Crippen LogP contribution in [0.4, 0.5) is 0 Å². The van der Waals surface area contributed by atoms with Gasteiger partial charge in [0.25, 0.3) is 0 Å². The molecule has 13 heavy (non-hydrogen) atoms. The van der Waals surface area contributed by atoms with Gasteiger partial charge in [-0.1, -0.05) is 6.92 Å². The molecule has 1 fully saturated rings. The quantitative estimate of drug-likeness (QED) is 0.637. The number of aldehydes is 1. The van der Waals surface area contributed by atoms with E-state index in [0.717, 1.165) is 25.9 Å². The number of nitrogens with zero attached hydrogens (tertiary/aromatic N) is 3. The number of carbonyl (C=O) groups excluding carboxylic acids is 1. The van der Waals surface area contributed by atoms with Crippen molar-refractivity contribution in [3.63, 3.8) is 0 Å². The largest absolute Gasteiger partial charge is 0.323 e. The van der Waals surface area contributed by atoms with Crippen molar-refractivity contribution in [3.8, 4) is 0 Å². The lowest BCUT2D eigenvalue weighted by atomic mass is 10.1. The minimum Gasteiger partial charge on any atom is -0.323 e. The molecule has 70 valence electrons.